The Bertz CT molecular complexity index is 1680. The summed E-state index contributed by atoms with van der Waals surface area (Å²) in [6.45, 7) is 4.85. The predicted molar refractivity (Wildman–Crippen MR) is 137 cm³/mol. The first-order valence-corrected chi connectivity index (χ1v) is 12.4. The van der Waals surface area contributed by atoms with Crippen molar-refractivity contribution in [1.82, 2.24) is 4.57 Å². The van der Waals surface area contributed by atoms with Crippen LogP contribution in [0.2, 0.25) is 0 Å². The molecule has 1 aromatic heterocycles. The fourth-order valence-electron chi connectivity index (χ4n) is 4.63. The molecule has 0 aliphatic carbocycles. The lowest BCUT2D eigenvalue weighted by atomic mass is 9.96. The maximum absolute atomic E-state index is 14.0. The van der Waals surface area contributed by atoms with Crippen LogP contribution in [0.15, 0.2) is 69.6 Å². The van der Waals surface area contributed by atoms with Crippen LogP contribution in [0.1, 0.15) is 37.9 Å². The van der Waals surface area contributed by atoms with Crippen LogP contribution in [0.25, 0.3) is 5.57 Å². The Labute approximate surface area is 215 Å². The van der Waals surface area contributed by atoms with Crippen LogP contribution in [0.3, 0.4) is 0 Å². The highest BCUT2D eigenvalue weighted by Crippen LogP contribution is 2.35. The molecular weight excluding hydrogens is 494 g/mol. The summed E-state index contributed by atoms with van der Waals surface area (Å²) < 4.78 is 12.1. The number of fused-ring (bicyclic) bond motifs is 2. The number of carbonyl (C=O) groups excluding carboxylic acids is 3. The molecule has 0 fully saturated rings. The van der Waals surface area contributed by atoms with E-state index in [-0.39, 0.29) is 22.6 Å². The molecule has 9 nitrogen and oxygen atoms in total. The van der Waals surface area contributed by atoms with Crippen molar-refractivity contribution in [2.24, 2.45) is 4.99 Å². The molecule has 188 valence electrons. The number of para-hydroxylation sites is 1. The second-order valence-electron chi connectivity index (χ2n) is 8.54. The summed E-state index contributed by atoms with van der Waals surface area (Å²) in [5.41, 5.74) is 2.51. The molecule has 0 saturated carbocycles. The predicted octanol–water partition coefficient (Wildman–Crippen LogP) is 2.07. The van der Waals surface area contributed by atoms with E-state index >= 15 is 0 Å². The first-order chi connectivity index (χ1) is 17.7. The lowest BCUT2D eigenvalue weighted by molar-refractivity contribution is -0.139. The zero-order chi connectivity index (χ0) is 26.4. The molecule has 3 heterocycles. The number of rotatable bonds is 4. The lowest BCUT2D eigenvalue weighted by Gasteiger charge is -2.24. The number of likely N-dealkylation sites (N-methyl/N-ethyl adjacent to an activating group) is 1. The largest absolute Gasteiger partial charge is 0.463 e. The molecule has 3 aromatic rings. The quantitative estimate of drug-likeness (QED) is 0.387. The highest BCUT2D eigenvalue weighted by Gasteiger charge is 2.36. The van der Waals surface area contributed by atoms with Crippen molar-refractivity contribution in [2.45, 2.75) is 26.8 Å². The van der Waals surface area contributed by atoms with Crippen molar-refractivity contribution in [1.29, 1.82) is 0 Å². The van der Waals surface area contributed by atoms with Gasteiger partial charge in [0.05, 0.1) is 35.2 Å². The highest BCUT2D eigenvalue weighted by molar-refractivity contribution is 7.07. The van der Waals surface area contributed by atoms with Crippen LogP contribution in [-0.2, 0) is 19.1 Å². The number of benzene rings is 2. The molecule has 10 heteroatoms. The van der Waals surface area contributed by atoms with E-state index in [0.717, 1.165) is 11.3 Å². The molecule has 2 aliphatic heterocycles. The monoisotopic (exact) mass is 517 g/mol. The number of allylic oxidation sites excluding steroid dienone is 1. The molecule has 2 aliphatic rings. The third-order valence-corrected chi connectivity index (χ3v) is 7.28. The smallest absolute Gasteiger partial charge is 0.338 e. The number of hydrogen-bond donors (Lipinski definition) is 0. The van der Waals surface area contributed by atoms with Crippen molar-refractivity contribution in [3.8, 4) is 5.75 Å². The number of amides is 1. The maximum Gasteiger partial charge on any atom is 0.338 e. The zero-order valence-electron chi connectivity index (χ0n) is 20.6. The first-order valence-electron chi connectivity index (χ1n) is 11.6. The zero-order valence-corrected chi connectivity index (χ0v) is 21.4. The number of hydrogen-bond acceptors (Lipinski definition) is 8. The number of aromatic nitrogens is 1. The molecule has 0 N–H and O–H groups in total. The van der Waals surface area contributed by atoms with E-state index in [1.165, 1.54) is 16.4 Å². The molecule has 1 unspecified atom stereocenters. The van der Waals surface area contributed by atoms with Gasteiger partial charge in [0, 0.05) is 19.5 Å². The van der Waals surface area contributed by atoms with Gasteiger partial charge in [-0.05, 0) is 37.6 Å². The SMILES string of the molecule is CCOC(=O)C1=C(C)N=c2s/c(=C3\C(=O)N(C)c4ccccc43)c(=O)n2C1c1ccc(OC(C)=O)cc1. The topological polar surface area (TPSA) is 107 Å². The van der Waals surface area contributed by atoms with Crippen LogP contribution < -0.4 is 24.5 Å². The number of anilines is 1. The number of thiazole rings is 1. The number of ether oxygens (including phenoxy) is 2. The van der Waals surface area contributed by atoms with E-state index in [2.05, 4.69) is 4.99 Å². The highest BCUT2D eigenvalue weighted by atomic mass is 32.1. The number of esters is 2. The van der Waals surface area contributed by atoms with Crippen molar-refractivity contribution >= 4 is 40.4 Å². The average molecular weight is 518 g/mol. The molecule has 1 atom stereocenters. The summed E-state index contributed by atoms with van der Waals surface area (Å²) >= 11 is 1.11. The molecule has 0 saturated heterocycles. The van der Waals surface area contributed by atoms with Crippen molar-refractivity contribution in [2.75, 3.05) is 18.6 Å². The van der Waals surface area contributed by atoms with Crippen molar-refractivity contribution in [3.63, 3.8) is 0 Å². The second kappa shape index (κ2) is 9.29. The van der Waals surface area contributed by atoms with Gasteiger partial charge in [0.15, 0.2) is 4.80 Å². The van der Waals surface area contributed by atoms with Gasteiger partial charge in [-0.3, -0.25) is 19.0 Å². The van der Waals surface area contributed by atoms with E-state index in [1.54, 1.807) is 45.2 Å². The van der Waals surface area contributed by atoms with E-state index in [9.17, 15) is 19.2 Å². The Morgan fingerprint density at radius 1 is 1.08 bits per heavy atom. The first kappa shape index (κ1) is 24.4. The molecule has 0 bridgehead atoms. The van der Waals surface area contributed by atoms with Crippen LogP contribution in [0.5, 0.6) is 5.75 Å². The molecule has 1 amide bonds. The number of nitrogens with zero attached hydrogens (tertiary/aromatic N) is 3. The van der Waals surface area contributed by atoms with Gasteiger partial charge in [-0.2, -0.15) is 0 Å². The van der Waals surface area contributed by atoms with Crippen LogP contribution in [-0.4, -0.2) is 36.1 Å². The molecule has 2 aromatic carbocycles. The van der Waals surface area contributed by atoms with Crippen LogP contribution >= 0.6 is 11.3 Å². The van der Waals surface area contributed by atoms with Crippen LogP contribution in [0.4, 0.5) is 5.69 Å². The maximum atomic E-state index is 14.0. The Morgan fingerprint density at radius 2 is 1.78 bits per heavy atom. The lowest BCUT2D eigenvalue weighted by Crippen LogP contribution is -2.40. The van der Waals surface area contributed by atoms with E-state index < -0.39 is 23.5 Å². The van der Waals surface area contributed by atoms with Gasteiger partial charge in [-0.1, -0.05) is 41.7 Å². The normalized spacial score (nSPS) is 17.8. The van der Waals surface area contributed by atoms with Gasteiger partial charge < -0.3 is 14.4 Å². The minimum Gasteiger partial charge on any atom is -0.463 e. The third-order valence-electron chi connectivity index (χ3n) is 6.23. The van der Waals surface area contributed by atoms with Gasteiger partial charge in [0.1, 0.15) is 10.3 Å². The van der Waals surface area contributed by atoms with Gasteiger partial charge in [-0.15, -0.1) is 0 Å². The minimum absolute atomic E-state index is 0.153. The molecular formula is C27H23N3O6S. The van der Waals surface area contributed by atoms with Gasteiger partial charge in [-0.25, -0.2) is 9.79 Å². The summed E-state index contributed by atoms with van der Waals surface area (Å²) in [4.78, 5) is 58.1. The molecule has 5 rings (SSSR count). The molecule has 0 spiro atoms. The second-order valence-corrected chi connectivity index (χ2v) is 9.52. The summed E-state index contributed by atoms with van der Waals surface area (Å²) in [5.74, 6) is -0.995. The van der Waals surface area contributed by atoms with Gasteiger partial charge in [0.25, 0.3) is 11.5 Å². The summed E-state index contributed by atoms with van der Waals surface area (Å²) in [7, 11) is 1.67. The Morgan fingerprint density at radius 3 is 2.46 bits per heavy atom. The van der Waals surface area contributed by atoms with E-state index in [0.29, 0.717) is 38.6 Å². The standard InChI is InChI=1S/C27H23N3O6S/c1-5-35-26(34)20-14(2)28-27-30(22(20)16-10-12-17(13-11-16)36-15(3)31)25(33)23(37-27)21-18-8-6-7-9-19(18)29(4)24(21)32/h6-13,22H,5H2,1-4H3/b23-21-. The Hall–Kier alpha value is -4.31. The Kier molecular flexibility index (Phi) is 6.12. The third kappa shape index (κ3) is 3.99. The van der Waals surface area contributed by atoms with E-state index in [4.69, 9.17) is 9.47 Å². The van der Waals surface area contributed by atoms with Crippen molar-refractivity contribution in [3.05, 3.63) is 90.6 Å². The fourth-order valence-corrected chi connectivity index (χ4v) is 5.77. The van der Waals surface area contributed by atoms with E-state index in [1.807, 2.05) is 24.3 Å². The average Bonchev–Trinajstić information content (AvgIpc) is 3.31. The summed E-state index contributed by atoms with van der Waals surface area (Å²) in [6.07, 6.45) is 0. The number of carbonyl (C=O) groups is 3. The summed E-state index contributed by atoms with van der Waals surface area (Å²) in [6, 6.07) is 13.0. The molecule has 37 heavy (non-hydrogen) atoms. The van der Waals surface area contributed by atoms with Crippen molar-refractivity contribution < 1.29 is 23.9 Å². The van der Waals surface area contributed by atoms with Crippen LogP contribution in [0, 0.1) is 0 Å². The van der Waals surface area contributed by atoms with Gasteiger partial charge in [0.2, 0.25) is 0 Å². The molecule has 0 radical (unpaired) electrons. The Balaban J connectivity index is 1.77. The van der Waals surface area contributed by atoms with Gasteiger partial charge >= 0.3 is 11.9 Å². The fraction of sp³-hybridized carbons (Fsp3) is 0.222. The minimum atomic E-state index is -0.847. The summed E-state index contributed by atoms with van der Waals surface area (Å²) in [5, 5.41) is 0.